The van der Waals surface area contributed by atoms with Gasteiger partial charge in [-0.05, 0) is 31.5 Å². The molecule has 0 radical (unpaired) electrons. The van der Waals surface area contributed by atoms with Crippen LogP contribution in [-0.2, 0) is 10.0 Å². The fourth-order valence-electron chi connectivity index (χ4n) is 4.14. The first kappa shape index (κ1) is 27.1. The average Bonchev–Trinajstić information content (AvgIpc) is 3.25. The summed E-state index contributed by atoms with van der Waals surface area (Å²) in [6.45, 7) is 2.91. The van der Waals surface area contributed by atoms with Crippen LogP contribution in [-0.4, -0.2) is 60.5 Å². The Hall–Kier alpha value is -3.98. The minimum absolute atomic E-state index is 0.0446. The van der Waals surface area contributed by atoms with Crippen LogP contribution in [0, 0.1) is 17.5 Å². The Labute approximate surface area is 216 Å². The summed E-state index contributed by atoms with van der Waals surface area (Å²) >= 11 is 0. The van der Waals surface area contributed by atoms with Crippen LogP contribution in [0.2, 0.25) is 0 Å². The highest BCUT2D eigenvalue weighted by Crippen LogP contribution is 2.32. The summed E-state index contributed by atoms with van der Waals surface area (Å²) in [7, 11) is -4.16. The second-order valence-corrected chi connectivity index (χ2v) is 10.2. The van der Waals surface area contributed by atoms with Crippen molar-refractivity contribution in [3.8, 4) is 5.75 Å². The first-order chi connectivity index (χ1) is 17.8. The van der Waals surface area contributed by atoms with Crippen molar-refractivity contribution in [2.24, 2.45) is 21.0 Å². The van der Waals surface area contributed by atoms with Crippen LogP contribution < -0.4 is 15.6 Å². The molecule has 3 heterocycles. The number of ether oxygens (including phenoxy) is 1. The highest BCUT2D eigenvalue weighted by molar-refractivity contribution is 7.94. The number of amides is 2. The maximum atomic E-state index is 14.4. The Morgan fingerprint density at radius 1 is 1.13 bits per heavy atom. The molecule has 1 aromatic heterocycles. The summed E-state index contributed by atoms with van der Waals surface area (Å²) in [6.07, 6.45) is 2.06. The zero-order valence-corrected chi connectivity index (χ0v) is 21.1. The van der Waals surface area contributed by atoms with Gasteiger partial charge in [-0.25, -0.2) is 46.5 Å². The number of nitrogens with zero attached hydrogens (tertiary/aromatic N) is 5. The molecule has 2 amide bonds. The van der Waals surface area contributed by atoms with Crippen molar-refractivity contribution in [3.05, 3.63) is 64.1 Å². The molecule has 0 saturated carbocycles. The molecule has 0 unspecified atom stereocenters. The Kier molecular flexibility index (Phi) is 7.42. The third-order valence-electron chi connectivity index (χ3n) is 5.77. The quantitative estimate of drug-likeness (QED) is 0.526. The molecule has 2 aliphatic rings. The third kappa shape index (κ3) is 5.78. The number of rotatable bonds is 6. The van der Waals surface area contributed by atoms with Crippen LogP contribution in [0.4, 0.5) is 23.8 Å². The van der Waals surface area contributed by atoms with Crippen LogP contribution >= 0.6 is 0 Å². The SMILES string of the molecule is CC(=Nc1cc(OC2CN(C(=O)N3N=CC[C@H]3c3cc(F)cc(F)c3)C2)c(F)cn1)C(=C(C)N)S(N)(=O)=O. The molecule has 0 bridgehead atoms. The van der Waals surface area contributed by atoms with Gasteiger partial charge in [0.25, 0.3) is 0 Å². The number of aromatic nitrogens is 1. The molecule has 1 atom stereocenters. The van der Waals surface area contributed by atoms with Gasteiger partial charge in [0.05, 0.1) is 31.0 Å². The molecule has 2 aliphatic heterocycles. The topological polar surface area (TPSA) is 157 Å². The summed E-state index contributed by atoms with van der Waals surface area (Å²) in [5, 5.41) is 10.4. The second-order valence-electron chi connectivity index (χ2n) is 8.75. The lowest BCUT2D eigenvalue weighted by atomic mass is 10.0. The summed E-state index contributed by atoms with van der Waals surface area (Å²) in [5.41, 5.74) is 5.77. The Bertz CT molecular complexity index is 1450. The number of nitrogens with two attached hydrogens (primary N) is 2. The summed E-state index contributed by atoms with van der Waals surface area (Å²) in [4.78, 5) is 21.8. The number of hydrogen-bond acceptors (Lipinski definition) is 8. The number of urea groups is 1. The van der Waals surface area contributed by atoms with Crippen molar-refractivity contribution in [1.29, 1.82) is 0 Å². The molecule has 1 fully saturated rings. The molecule has 1 aromatic carbocycles. The van der Waals surface area contributed by atoms with Gasteiger partial charge in [-0.1, -0.05) is 0 Å². The number of sulfonamides is 1. The molecule has 4 rings (SSSR count). The number of allylic oxidation sites excluding steroid dienone is 2. The maximum absolute atomic E-state index is 14.4. The lowest BCUT2D eigenvalue weighted by Crippen LogP contribution is -2.58. The smallest absolute Gasteiger partial charge is 0.341 e. The fraction of sp³-hybridized carbons (Fsp3) is 0.304. The summed E-state index contributed by atoms with van der Waals surface area (Å²) < 4.78 is 71.0. The van der Waals surface area contributed by atoms with Gasteiger partial charge in [0.1, 0.15) is 22.6 Å². The van der Waals surface area contributed by atoms with Crippen LogP contribution in [0.5, 0.6) is 5.75 Å². The highest BCUT2D eigenvalue weighted by atomic mass is 32.2. The first-order valence-corrected chi connectivity index (χ1v) is 12.8. The number of primary sulfonamides is 1. The molecule has 1 saturated heterocycles. The van der Waals surface area contributed by atoms with E-state index in [0.29, 0.717) is 6.42 Å². The predicted molar refractivity (Wildman–Crippen MR) is 132 cm³/mol. The number of likely N-dealkylation sites (tertiary alicyclic amines) is 1. The van der Waals surface area contributed by atoms with Crippen LogP contribution in [0.25, 0.3) is 0 Å². The van der Waals surface area contributed by atoms with Gasteiger partial charge in [0.2, 0.25) is 10.0 Å². The molecule has 4 N–H and O–H groups in total. The number of hydrogen-bond donors (Lipinski definition) is 2. The van der Waals surface area contributed by atoms with E-state index in [2.05, 4.69) is 15.1 Å². The summed E-state index contributed by atoms with van der Waals surface area (Å²) in [5.74, 6) is -2.57. The molecular formula is C23H24F3N7O4S. The average molecular weight is 552 g/mol. The zero-order valence-electron chi connectivity index (χ0n) is 20.3. The van der Waals surface area contributed by atoms with Crippen molar-refractivity contribution < 1.29 is 31.1 Å². The fourth-order valence-corrected chi connectivity index (χ4v) is 5.04. The van der Waals surface area contributed by atoms with E-state index in [1.165, 1.54) is 31.0 Å². The van der Waals surface area contributed by atoms with Gasteiger partial charge < -0.3 is 15.4 Å². The van der Waals surface area contributed by atoms with E-state index in [0.717, 1.165) is 29.4 Å². The number of carbonyl (C=O) groups is 1. The number of aliphatic imine (C=N–C) groups is 1. The van der Waals surface area contributed by atoms with Crippen LogP contribution in [0.15, 0.2) is 51.2 Å². The van der Waals surface area contributed by atoms with Crippen molar-refractivity contribution in [1.82, 2.24) is 14.9 Å². The maximum Gasteiger partial charge on any atom is 0.341 e. The molecule has 15 heteroatoms. The van der Waals surface area contributed by atoms with Crippen molar-refractivity contribution in [3.63, 3.8) is 0 Å². The highest BCUT2D eigenvalue weighted by Gasteiger charge is 2.39. The van der Waals surface area contributed by atoms with Gasteiger partial charge in [-0.2, -0.15) is 5.10 Å². The van der Waals surface area contributed by atoms with E-state index in [1.807, 2.05) is 0 Å². The minimum Gasteiger partial charge on any atom is -0.483 e. The van der Waals surface area contributed by atoms with Crippen molar-refractivity contribution in [2.45, 2.75) is 32.4 Å². The van der Waals surface area contributed by atoms with E-state index < -0.39 is 45.7 Å². The monoisotopic (exact) mass is 551 g/mol. The molecule has 2 aromatic rings. The number of hydrazone groups is 1. The normalized spacial score (nSPS) is 18.9. The number of benzene rings is 1. The molecular weight excluding hydrogens is 527 g/mol. The van der Waals surface area contributed by atoms with Gasteiger partial charge in [-0.15, -0.1) is 0 Å². The Balaban J connectivity index is 1.42. The third-order valence-corrected chi connectivity index (χ3v) is 6.95. The lowest BCUT2D eigenvalue weighted by Gasteiger charge is -2.41. The van der Waals surface area contributed by atoms with E-state index in [9.17, 15) is 26.4 Å². The minimum atomic E-state index is -4.16. The predicted octanol–water partition coefficient (Wildman–Crippen LogP) is 2.69. The lowest BCUT2D eigenvalue weighted by molar-refractivity contribution is 0.0256. The molecule has 0 spiro atoms. The molecule has 11 nitrogen and oxygen atoms in total. The van der Waals surface area contributed by atoms with Crippen molar-refractivity contribution >= 4 is 33.8 Å². The van der Waals surface area contributed by atoms with E-state index in [-0.39, 0.29) is 46.5 Å². The Morgan fingerprint density at radius 3 is 2.39 bits per heavy atom. The van der Waals surface area contributed by atoms with E-state index in [1.54, 1.807) is 0 Å². The zero-order chi connectivity index (χ0) is 27.8. The molecule has 38 heavy (non-hydrogen) atoms. The van der Waals surface area contributed by atoms with E-state index >= 15 is 0 Å². The first-order valence-electron chi connectivity index (χ1n) is 11.3. The molecule has 0 aliphatic carbocycles. The van der Waals surface area contributed by atoms with Gasteiger partial charge in [-0.3, -0.25) is 0 Å². The number of carbonyl (C=O) groups excluding carboxylic acids is 1. The Morgan fingerprint density at radius 2 is 1.79 bits per heavy atom. The largest absolute Gasteiger partial charge is 0.483 e. The van der Waals surface area contributed by atoms with Gasteiger partial charge >= 0.3 is 6.03 Å². The van der Waals surface area contributed by atoms with Gasteiger partial charge in [0.15, 0.2) is 17.4 Å². The van der Waals surface area contributed by atoms with Crippen molar-refractivity contribution in [2.75, 3.05) is 13.1 Å². The van der Waals surface area contributed by atoms with E-state index in [4.69, 9.17) is 15.6 Å². The second kappa shape index (κ2) is 10.4. The van der Waals surface area contributed by atoms with Gasteiger partial charge in [0, 0.05) is 30.5 Å². The molecule has 202 valence electrons. The number of pyridine rings is 1. The van der Waals surface area contributed by atoms with Crippen LogP contribution in [0.3, 0.4) is 0 Å². The summed E-state index contributed by atoms with van der Waals surface area (Å²) in [6, 6.07) is 3.06. The number of halogens is 3. The van der Waals surface area contributed by atoms with Crippen LogP contribution in [0.1, 0.15) is 31.9 Å². The standard InChI is InChI=1S/C23H24F3N7O4S/c1-12(27)22(38(28,35)36)13(2)31-21-8-20(18(26)9-29-21)37-17-10-32(11-17)23(34)33-19(3-4-30-33)14-5-15(24)7-16(25)6-14/h4-9,17,19H,3,10-11,27H2,1-2H3,(H2,28,35,36)/t19-/m0/s1.